The Morgan fingerprint density at radius 2 is 2.32 bits per heavy atom. The summed E-state index contributed by atoms with van der Waals surface area (Å²) in [5.41, 5.74) is 6.69. The SMILES string of the molecule is CCC1CCC(Nc2nc(N)cn3ccnc23)C1C. The molecule has 3 unspecified atom stereocenters. The van der Waals surface area contributed by atoms with Crippen LogP contribution in [0.5, 0.6) is 0 Å². The summed E-state index contributed by atoms with van der Waals surface area (Å²) >= 11 is 0. The quantitative estimate of drug-likeness (QED) is 0.889. The smallest absolute Gasteiger partial charge is 0.180 e. The van der Waals surface area contributed by atoms with Crippen molar-refractivity contribution < 1.29 is 0 Å². The van der Waals surface area contributed by atoms with Gasteiger partial charge in [-0.3, -0.25) is 0 Å². The summed E-state index contributed by atoms with van der Waals surface area (Å²) in [5, 5.41) is 3.55. The Morgan fingerprint density at radius 3 is 3.05 bits per heavy atom. The van der Waals surface area contributed by atoms with Gasteiger partial charge < -0.3 is 15.5 Å². The molecule has 3 rings (SSSR count). The van der Waals surface area contributed by atoms with Gasteiger partial charge >= 0.3 is 0 Å². The highest BCUT2D eigenvalue weighted by Crippen LogP contribution is 2.35. The van der Waals surface area contributed by atoms with Crippen LogP contribution in [0, 0.1) is 11.8 Å². The van der Waals surface area contributed by atoms with Crippen LogP contribution in [-0.4, -0.2) is 20.4 Å². The van der Waals surface area contributed by atoms with Gasteiger partial charge in [0.15, 0.2) is 11.5 Å². The lowest BCUT2D eigenvalue weighted by Crippen LogP contribution is -2.25. The van der Waals surface area contributed by atoms with E-state index in [-0.39, 0.29) is 0 Å². The Balaban J connectivity index is 1.87. The normalized spacial score (nSPS) is 26.9. The largest absolute Gasteiger partial charge is 0.382 e. The molecular formula is C14H21N5. The van der Waals surface area contributed by atoms with Gasteiger partial charge in [-0.1, -0.05) is 20.3 Å². The zero-order valence-corrected chi connectivity index (χ0v) is 11.5. The fraction of sp³-hybridized carbons (Fsp3) is 0.571. The lowest BCUT2D eigenvalue weighted by Gasteiger charge is -2.21. The molecule has 3 atom stereocenters. The maximum atomic E-state index is 5.85. The van der Waals surface area contributed by atoms with E-state index in [1.54, 1.807) is 12.4 Å². The first-order valence-electron chi connectivity index (χ1n) is 7.04. The van der Waals surface area contributed by atoms with Crippen molar-refractivity contribution in [2.45, 2.75) is 39.2 Å². The highest BCUT2D eigenvalue weighted by molar-refractivity contribution is 5.65. The second kappa shape index (κ2) is 4.72. The molecule has 1 aliphatic rings. The number of hydrogen-bond donors (Lipinski definition) is 2. The Morgan fingerprint density at radius 1 is 1.47 bits per heavy atom. The standard InChI is InChI=1S/C14H21N5/c1-3-10-4-5-11(9(10)2)17-13-14-16-6-7-19(14)8-12(15)18-13/h6-11H,3-5,15H2,1-2H3,(H,17,18). The van der Waals surface area contributed by atoms with Gasteiger partial charge in [-0.25, -0.2) is 9.97 Å². The lowest BCUT2D eigenvalue weighted by atomic mass is 9.93. The molecule has 1 fully saturated rings. The summed E-state index contributed by atoms with van der Waals surface area (Å²) < 4.78 is 1.92. The van der Waals surface area contributed by atoms with Crippen LogP contribution in [0.4, 0.5) is 11.6 Å². The zero-order chi connectivity index (χ0) is 13.4. The maximum Gasteiger partial charge on any atom is 0.180 e. The molecule has 102 valence electrons. The van der Waals surface area contributed by atoms with E-state index >= 15 is 0 Å². The molecule has 1 aliphatic carbocycles. The molecule has 2 aromatic rings. The summed E-state index contributed by atoms with van der Waals surface area (Å²) in [6.07, 6.45) is 9.20. The van der Waals surface area contributed by atoms with E-state index < -0.39 is 0 Å². The van der Waals surface area contributed by atoms with Crippen LogP contribution in [0.15, 0.2) is 18.6 Å². The van der Waals surface area contributed by atoms with Crippen molar-refractivity contribution in [3.05, 3.63) is 18.6 Å². The van der Waals surface area contributed by atoms with Crippen molar-refractivity contribution in [1.29, 1.82) is 0 Å². The van der Waals surface area contributed by atoms with Gasteiger partial charge in [-0.05, 0) is 24.7 Å². The third kappa shape index (κ3) is 2.13. The number of nitrogens with two attached hydrogens (primary N) is 1. The van der Waals surface area contributed by atoms with Crippen molar-refractivity contribution in [2.75, 3.05) is 11.1 Å². The second-order valence-electron chi connectivity index (χ2n) is 5.53. The summed E-state index contributed by atoms with van der Waals surface area (Å²) in [6, 6.07) is 0.472. The molecule has 5 nitrogen and oxygen atoms in total. The molecule has 0 aliphatic heterocycles. The van der Waals surface area contributed by atoms with Crippen molar-refractivity contribution >= 4 is 17.3 Å². The van der Waals surface area contributed by atoms with Gasteiger partial charge in [0.05, 0.1) is 6.20 Å². The molecule has 0 bridgehead atoms. The van der Waals surface area contributed by atoms with Crippen molar-refractivity contribution in [3.8, 4) is 0 Å². The Kier molecular flexibility index (Phi) is 3.05. The molecular weight excluding hydrogens is 238 g/mol. The second-order valence-corrected chi connectivity index (χ2v) is 5.53. The molecule has 0 amide bonds. The summed E-state index contributed by atoms with van der Waals surface area (Å²) in [4.78, 5) is 8.75. The molecule has 5 heteroatoms. The average Bonchev–Trinajstić information content (AvgIpc) is 2.97. The van der Waals surface area contributed by atoms with E-state index in [1.165, 1.54) is 19.3 Å². The summed E-state index contributed by atoms with van der Waals surface area (Å²) in [5.74, 6) is 2.81. The number of rotatable bonds is 3. The van der Waals surface area contributed by atoms with Crippen LogP contribution in [0.1, 0.15) is 33.1 Å². The fourth-order valence-electron chi connectivity index (χ4n) is 3.25. The number of nitrogens with zero attached hydrogens (tertiary/aromatic N) is 3. The third-order valence-corrected chi connectivity index (χ3v) is 4.47. The van der Waals surface area contributed by atoms with E-state index in [4.69, 9.17) is 5.73 Å². The molecule has 2 heterocycles. The van der Waals surface area contributed by atoms with E-state index in [2.05, 4.69) is 29.1 Å². The Hall–Kier alpha value is -1.78. The molecule has 1 saturated carbocycles. The number of fused-ring (bicyclic) bond motifs is 1. The minimum atomic E-state index is 0.472. The van der Waals surface area contributed by atoms with Gasteiger partial charge in [0.1, 0.15) is 5.82 Å². The van der Waals surface area contributed by atoms with Crippen molar-refractivity contribution in [1.82, 2.24) is 14.4 Å². The molecule has 0 aromatic carbocycles. The first-order chi connectivity index (χ1) is 9.19. The van der Waals surface area contributed by atoms with Crippen LogP contribution in [0.3, 0.4) is 0 Å². The molecule has 0 spiro atoms. The Labute approximate surface area is 113 Å². The lowest BCUT2D eigenvalue weighted by molar-refractivity contribution is 0.391. The van der Waals surface area contributed by atoms with Crippen LogP contribution in [0.25, 0.3) is 5.65 Å². The van der Waals surface area contributed by atoms with Crippen LogP contribution in [-0.2, 0) is 0 Å². The van der Waals surface area contributed by atoms with Crippen molar-refractivity contribution in [3.63, 3.8) is 0 Å². The highest BCUT2D eigenvalue weighted by atomic mass is 15.1. The van der Waals surface area contributed by atoms with E-state index in [9.17, 15) is 0 Å². The van der Waals surface area contributed by atoms with Gasteiger partial charge in [0, 0.05) is 18.4 Å². The summed E-state index contributed by atoms with van der Waals surface area (Å²) in [7, 11) is 0. The highest BCUT2D eigenvalue weighted by Gasteiger charge is 2.32. The minimum absolute atomic E-state index is 0.472. The first-order valence-corrected chi connectivity index (χ1v) is 7.04. The maximum absolute atomic E-state index is 5.85. The van der Waals surface area contributed by atoms with Crippen LogP contribution in [0.2, 0.25) is 0 Å². The predicted octanol–water partition coefficient (Wildman–Crippen LogP) is 2.55. The van der Waals surface area contributed by atoms with E-state index in [0.717, 1.165) is 17.4 Å². The number of anilines is 2. The third-order valence-electron chi connectivity index (χ3n) is 4.47. The molecule has 2 aromatic heterocycles. The summed E-state index contributed by atoms with van der Waals surface area (Å²) in [6.45, 7) is 4.60. The topological polar surface area (TPSA) is 68.2 Å². The zero-order valence-electron chi connectivity index (χ0n) is 11.5. The van der Waals surface area contributed by atoms with Gasteiger partial charge in [-0.15, -0.1) is 0 Å². The number of hydrogen-bond acceptors (Lipinski definition) is 4. The molecule has 19 heavy (non-hydrogen) atoms. The predicted molar refractivity (Wildman–Crippen MR) is 77.0 cm³/mol. The molecule has 0 saturated heterocycles. The number of nitrogens with one attached hydrogen (secondary N) is 1. The van der Waals surface area contributed by atoms with E-state index in [0.29, 0.717) is 17.8 Å². The number of nitrogen functional groups attached to an aromatic ring is 1. The number of aromatic nitrogens is 3. The number of imidazole rings is 1. The molecule has 3 N–H and O–H groups in total. The van der Waals surface area contributed by atoms with Gasteiger partial charge in [0.25, 0.3) is 0 Å². The van der Waals surface area contributed by atoms with Gasteiger partial charge in [0.2, 0.25) is 0 Å². The monoisotopic (exact) mass is 259 g/mol. The first kappa shape index (κ1) is 12.3. The fourth-order valence-corrected chi connectivity index (χ4v) is 3.25. The van der Waals surface area contributed by atoms with Crippen molar-refractivity contribution in [2.24, 2.45) is 11.8 Å². The average molecular weight is 259 g/mol. The van der Waals surface area contributed by atoms with Crippen LogP contribution >= 0.6 is 0 Å². The van der Waals surface area contributed by atoms with Gasteiger partial charge in [-0.2, -0.15) is 0 Å². The van der Waals surface area contributed by atoms with E-state index in [1.807, 2.05) is 10.6 Å². The van der Waals surface area contributed by atoms with Crippen LogP contribution < -0.4 is 11.1 Å². The molecule has 0 radical (unpaired) electrons. The minimum Gasteiger partial charge on any atom is -0.382 e. The Bertz CT molecular complexity index is 576.